The van der Waals surface area contributed by atoms with Gasteiger partial charge in [-0.05, 0) is 39.4 Å². The molecule has 1 aromatic heterocycles. The van der Waals surface area contributed by atoms with E-state index in [1.807, 2.05) is 6.92 Å². The fraction of sp³-hybridized carbons (Fsp3) is 0.500. The molecule has 0 unspecified atom stereocenters. The second-order valence-electron chi connectivity index (χ2n) is 3.34. The number of aryl methyl sites for hydroxylation is 1. The van der Waals surface area contributed by atoms with Crippen molar-refractivity contribution >= 4 is 11.8 Å². The average Bonchev–Trinajstić information content (AvgIpc) is 2.03. The maximum Gasteiger partial charge on any atom is 0.0682 e. The molecule has 0 atom stereocenters. The Morgan fingerprint density at radius 3 is 2.62 bits per heavy atom. The van der Waals surface area contributed by atoms with Crippen LogP contribution in [0.3, 0.4) is 0 Å². The zero-order valence-electron chi connectivity index (χ0n) is 8.66. The zero-order valence-corrected chi connectivity index (χ0v) is 9.48. The summed E-state index contributed by atoms with van der Waals surface area (Å²) in [4.78, 5) is 7.94. The van der Waals surface area contributed by atoms with E-state index in [0.29, 0.717) is 0 Å². The monoisotopic (exact) mass is 196 g/mol. The van der Waals surface area contributed by atoms with Gasteiger partial charge in [-0.25, -0.2) is 0 Å². The molecule has 1 heterocycles. The molecule has 2 nitrogen and oxygen atoms in total. The molecule has 13 heavy (non-hydrogen) atoms. The lowest BCUT2D eigenvalue weighted by atomic mass is 10.3. The minimum atomic E-state index is 0.915. The van der Waals surface area contributed by atoms with E-state index >= 15 is 0 Å². The summed E-state index contributed by atoms with van der Waals surface area (Å²) in [5.74, 6) is 0. The molecular formula is C10H16N2S. The first-order valence-corrected chi connectivity index (χ1v) is 5.51. The van der Waals surface area contributed by atoms with Crippen molar-refractivity contribution in [2.75, 3.05) is 20.4 Å². The Morgan fingerprint density at radius 2 is 2.08 bits per heavy atom. The fourth-order valence-corrected chi connectivity index (χ4v) is 1.75. The molecule has 0 aliphatic heterocycles. The van der Waals surface area contributed by atoms with Crippen molar-refractivity contribution in [1.82, 2.24) is 9.88 Å². The van der Waals surface area contributed by atoms with E-state index in [1.165, 1.54) is 10.6 Å². The highest BCUT2D eigenvalue weighted by Gasteiger charge is 2.04. The van der Waals surface area contributed by atoms with Crippen molar-refractivity contribution < 1.29 is 0 Å². The van der Waals surface area contributed by atoms with Gasteiger partial charge in [0.05, 0.1) is 5.69 Å². The van der Waals surface area contributed by atoms with Gasteiger partial charge >= 0.3 is 0 Å². The van der Waals surface area contributed by atoms with E-state index in [9.17, 15) is 0 Å². The number of thioether (sulfide) groups is 1. The largest absolute Gasteiger partial charge is 0.304 e. The molecule has 0 aromatic carbocycles. The lowest BCUT2D eigenvalue weighted by Gasteiger charge is -2.12. The molecule has 0 bridgehead atoms. The van der Waals surface area contributed by atoms with Crippen LogP contribution in [0.4, 0.5) is 0 Å². The zero-order chi connectivity index (χ0) is 9.84. The van der Waals surface area contributed by atoms with Gasteiger partial charge in [0.15, 0.2) is 0 Å². The fourth-order valence-electron chi connectivity index (χ4n) is 1.20. The van der Waals surface area contributed by atoms with Crippen molar-refractivity contribution in [2.24, 2.45) is 0 Å². The quantitative estimate of drug-likeness (QED) is 0.689. The van der Waals surface area contributed by atoms with Crippen LogP contribution in [0.1, 0.15) is 11.4 Å². The van der Waals surface area contributed by atoms with Crippen LogP contribution < -0.4 is 0 Å². The first-order valence-electron chi connectivity index (χ1n) is 4.28. The molecule has 0 aliphatic rings. The van der Waals surface area contributed by atoms with Crippen molar-refractivity contribution in [3.63, 3.8) is 0 Å². The van der Waals surface area contributed by atoms with Gasteiger partial charge in [-0.1, -0.05) is 0 Å². The maximum absolute atomic E-state index is 4.52. The van der Waals surface area contributed by atoms with Crippen LogP contribution in [0.25, 0.3) is 0 Å². The van der Waals surface area contributed by atoms with Crippen LogP contribution >= 0.6 is 11.8 Å². The van der Waals surface area contributed by atoms with E-state index < -0.39 is 0 Å². The molecule has 0 saturated heterocycles. The number of rotatable bonds is 3. The number of hydrogen-bond acceptors (Lipinski definition) is 3. The summed E-state index contributed by atoms with van der Waals surface area (Å²) in [5.41, 5.74) is 2.27. The Labute approximate surface area is 84.4 Å². The van der Waals surface area contributed by atoms with Gasteiger partial charge in [0.25, 0.3) is 0 Å². The van der Waals surface area contributed by atoms with Crippen LogP contribution in [0.15, 0.2) is 17.0 Å². The molecule has 0 aliphatic carbocycles. The Hall–Kier alpha value is -0.540. The predicted molar refractivity (Wildman–Crippen MR) is 58.1 cm³/mol. The van der Waals surface area contributed by atoms with E-state index in [4.69, 9.17) is 0 Å². The van der Waals surface area contributed by atoms with Crippen molar-refractivity contribution in [3.8, 4) is 0 Å². The molecule has 0 radical (unpaired) electrons. The van der Waals surface area contributed by atoms with Crippen molar-refractivity contribution in [1.29, 1.82) is 0 Å². The third kappa shape index (κ3) is 3.01. The second kappa shape index (κ2) is 4.63. The van der Waals surface area contributed by atoms with Gasteiger partial charge < -0.3 is 4.90 Å². The molecule has 1 rings (SSSR count). The second-order valence-corrected chi connectivity index (χ2v) is 4.19. The highest BCUT2D eigenvalue weighted by molar-refractivity contribution is 7.98. The van der Waals surface area contributed by atoms with Crippen LogP contribution in [0.5, 0.6) is 0 Å². The smallest absolute Gasteiger partial charge is 0.0682 e. The van der Waals surface area contributed by atoms with E-state index in [2.05, 4.69) is 42.4 Å². The summed E-state index contributed by atoms with van der Waals surface area (Å²) in [5, 5.41) is 0. The molecular weight excluding hydrogens is 180 g/mol. The number of nitrogens with zero attached hydrogens (tertiary/aromatic N) is 2. The van der Waals surface area contributed by atoms with Gasteiger partial charge in [-0.3, -0.25) is 4.98 Å². The summed E-state index contributed by atoms with van der Waals surface area (Å²) >= 11 is 1.76. The number of hydrogen-bond donors (Lipinski definition) is 0. The molecule has 0 fully saturated rings. The summed E-state index contributed by atoms with van der Waals surface area (Å²) in [7, 11) is 4.13. The summed E-state index contributed by atoms with van der Waals surface area (Å²) in [6.07, 6.45) is 2.09. The molecule has 0 N–H and O–H groups in total. The lowest BCUT2D eigenvalue weighted by Crippen LogP contribution is -2.13. The highest BCUT2D eigenvalue weighted by atomic mass is 32.2. The third-order valence-electron chi connectivity index (χ3n) is 1.76. The van der Waals surface area contributed by atoms with Gasteiger partial charge in [0.1, 0.15) is 0 Å². The van der Waals surface area contributed by atoms with Crippen LogP contribution in [0.2, 0.25) is 0 Å². The van der Waals surface area contributed by atoms with Crippen LogP contribution in [0, 0.1) is 6.92 Å². The Morgan fingerprint density at radius 1 is 1.38 bits per heavy atom. The lowest BCUT2D eigenvalue weighted by molar-refractivity contribution is 0.392. The average molecular weight is 196 g/mol. The molecule has 72 valence electrons. The van der Waals surface area contributed by atoms with Gasteiger partial charge in [-0.15, -0.1) is 11.8 Å². The van der Waals surface area contributed by atoms with E-state index in [-0.39, 0.29) is 0 Å². The Balaban J connectivity index is 2.94. The van der Waals surface area contributed by atoms with Gasteiger partial charge in [-0.2, -0.15) is 0 Å². The highest BCUT2D eigenvalue weighted by Crippen LogP contribution is 2.19. The molecule has 0 saturated carbocycles. The first kappa shape index (κ1) is 10.5. The SMILES string of the molecule is CSc1ccc(C)nc1CN(C)C. The normalized spacial score (nSPS) is 10.8. The standard InChI is InChI=1S/C10H16N2S/c1-8-5-6-10(13-4)9(11-8)7-12(2)3/h5-6H,7H2,1-4H3. The molecule has 3 heteroatoms. The topological polar surface area (TPSA) is 16.1 Å². The number of aromatic nitrogens is 1. The minimum absolute atomic E-state index is 0.915. The van der Waals surface area contributed by atoms with Crippen LogP contribution in [-0.4, -0.2) is 30.2 Å². The molecule has 0 amide bonds. The van der Waals surface area contributed by atoms with E-state index in [0.717, 1.165) is 12.2 Å². The minimum Gasteiger partial charge on any atom is -0.304 e. The third-order valence-corrected chi connectivity index (χ3v) is 2.57. The van der Waals surface area contributed by atoms with Crippen molar-refractivity contribution in [2.45, 2.75) is 18.4 Å². The Bertz CT molecular complexity index is 284. The molecule has 1 aromatic rings. The van der Waals surface area contributed by atoms with Crippen LogP contribution in [-0.2, 0) is 6.54 Å². The number of pyridine rings is 1. The van der Waals surface area contributed by atoms with Gasteiger partial charge in [0, 0.05) is 17.1 Å². The summed E-state index contributed by atoms with van der Waals surface area (Å²) < 4.78 is 0. The summed E-state index contributed by atoms with van der Waals surface area (Å²) in [6, 6.07) is 4.21. The molecule has 0 spiro atoms. The van der Waals surface area contributed by atoms with Crippen molar-refractivity contribution in [3.05, 3.63) is 23.5 Å². The Kier molecular flexibility index (Phi) is 3.75. The first-order chi connectivity index (χ1) is 6.13. The van der Waals surface area contributed by atoms with E-state index in [1.54, 1.807) is 11.8 Å². The predicted octanol–water partition coefficient (Wildman–Crippen LogP) is 2.17. The van der Waals surface area contributed by atoms with Gasteiger partial charge in [0.2, 0.25) is 0 Å². The maximum atomic E-state index is 4.52. The summed E-state index contributed by atoms with van der Waals surface area (Å²) in [6.45, 7) is 2.95.